The number of hydrogen-bond acceptors (Lipinski definition) is 3. The van der Waals surface area contributed by atoms with Crippen LogP contribution in [-0.4, -0.2) is 37.9 Å². The second kappa shape index (κ2) is 10.1. The predicted octanol–water partition coefficient (Wildman–Crippen LogP) is 5.03. The first-order valence-corrected chi connectivity index (χ1v) is 9.44. The Bertz CT molecular complexity index is 662. The summed E-state index contributed by atoms with van der Waals surface area (Å²) >= 11 is 0. The maximum absolute atomic E-state index is 13.1. The minimum Gasteiger partial charge on any atom is -0.492 e. The fraction of sp³-hybridized carbons (Fsp3) is 0.435. The van der Waals surface area contributed by atoms with E-state index in [-0.39, 0.29) is 11.7 Å². The lowest BCUT2D eigenvalue weighted by atomic mass is 9.85. The van der Waals surface area contributed by atoms with Crippen molar-refractivity contribution in [2.45, 2.75) is 32.6 Å². The molecule has 0 aliphatic rings. The zero-order chi connectivity index (χ0) is 18.9. The van der Waals surface area contributed by atoms with Crippen LogP contribution < -0.4 is 4.74 Å². The summed E-state index contributed by atoms with van der Waals surface area (Å²) < 4.78 is 5.72. The molecule has 0 amide bonds. The molecule has 0 spiro atoms. The highest BCUT2D eigenvalue weighted by molar-refractivity contribution is 6.01. The minimum atomic E-state index is -0.0842. The van der Waals surface area contributed by atoms with Crippen LogP contribution in [0.2, 0.25) is 0 Å². The smallest absolute Gasteiger partial charge is 0.170 e. The van der Waals surface area contributed by atoms with E-state index in [0.29, 0.717) is 12.5 Å². The van der Waals surface area contributed by atoms with Gasteiger partial charge in [-0.3, -0.25) is 4.79 Å². The Morgan fingerprint density at radius 2 is 1.62 bits per heavy atom. The first-order chi connectivity index (χ1) is 12.5. The van der Waals surface area contributed by atoms with Crippen molar-refractivity contribution in [2.24, 2.45) is 5.92 Å². The lowest BCUT2D eigenvalue weighted by Gasteiger charge is -2.18. The Balaban J connectivity index is 2.09. The first kappa shape index (κ1) is 20.2. The number of carbonyl (C=O) groups is 1. The van der Waals surface area contributed by atoms with Crippen LogP contribution in [0.4, 0.5) is 0 Å². The van der Waals surface area contributed by atoms with Gasteiger partial charge in [0.1, 0.15) is 12.4 Å². The minimum absolute atomic E-state index is 0.0842. The Hall–Kier alpha value is -2.13. The molecule has 0 N–H and O–H groups in total. The number of carbonyl (C=O) groups excluding carboxylic acids is 1. The summed E-state index contributed by atoms with van der Waals surface area (Å²) in [6.07, 6.45) is 1.92. The van der Waals surface area contributed by atoms with E-state index in [0.717, 1.165) is 36.3 Å². The van der Waals surface area contributed by atoms with E-state index in [9.17, 15) is 4.79 Å². The maximum atomic E-state index is 13.1. The van der Waals surface area contributed by atoms with Gasteiger partial charge in [0.25, 0.3) is 0 Å². The number of likely N-dealkylation sites (N-methyl/N-ethyl adjacent to an activating group) is 1. The second-order valence-corrected chi connectivity index (χ2v) is 7.47. The van der Waals surface area contributed by atoms with Gasteiger partial charge in [0, 0.05) is 18.0 Å². The number of ether oxygens (including phenoxy) is 1. The average Bonchev–Trinajstić information content (AvgIpc) is 2.62. The third kappa shape index (κ3) is 6.30. The summed E-state index contributed by atoms with van der Waals surface area (Å²) in [5.41, 5.74) is 1.85. The first-order valence-electron chi connectivity index (χ1n) is 9.44. The molecule has 3 nitrogen and oxygen atoms in total. The fourth-order valence-electron chi connectivity index (χ4n) is 2.90. The summed E-state index contributed by atoms with van der Waals surface area (Å²) in [7, 11) is 4.04. The molecule has 26 heavy (non-hydrogen) atoms. The Morgan fingerprint density at radius 3 is 2.19 bits per heavy atom. The van der Waals surface area contributed by atoms with Crippen LogP contribution in [0.1, 0.15) is 48.5 Å². The summed E-state index contributed by atoms with van der Waals surface area (Å²) in [4.78, 5) is 15.2. The van der Waals surface area contributed by atoms with Crippen molar-refractivity contribution < 1.29 is 9.53 Å². The zero-order valence-electron chi connectivity index (χ0n) is 16.4. The molecule has 0 aliphatic carbocycles. The van der Waals surface area contributed by atoms with Crippen LogP contribution in [-0.2, 0) is 0 Å². The van der Waals surface area contributed by atoms with Gasteiger partial charge in [0.15, 0.2) is 5.78 Å². The van der Waals surface area contributed by atoms with E-state index < -0.39 is 0 Å². The van der Waals surface area contributed by atoms with Crippen molar-refractivity contribution in [2.75, 3.05) is 27.2 Å². The van der Waals surface area contributed by atoms with Crippen molar-refractivity contribution in [1.29, 1.82) is 0 Å². The summed E-state index contributed by atoms with van der Waals surface area (Å²) in [6.45, 7) is 5.91. The van der Waals surface area contributed by atoms with E-state index in [1.165, 1.54) is 0 Å². The Morgan fingerprint density at radius 1 is 0.962 bits per heavy atom. The fourth-order valence-corrected chi connectivity index (χ4v) is 2.90. The molecule has 0 aliphatic heterocycles. The molecule has 1 atom stereocenters. The Kier molecular flexibility index (Phi) is 7.86. The molecule has 3 heteroatoms. The van der Waals surface area contributed by atoms with Crippen LogP contribution in [0.25, 0.3) is 0 Å². The molecule has 140 valence electrons. The van der Waals surface area contributed by atoms with E-state index in [1.807, 2.05) is 56.6 Å². The third-order valence-electron chi connectivity index (χ3n) is 4.50. The lowest BCUT2D eigenvalue weighted by Crippen LogP contribution is -2.19. The van der Waals surface area contributed by atoms with Crippen molar-refractivity contribution in [1.82, 2.24) is 4.90 Å². The molecule has 2 aromatic carbocycles. The van der Waals surface area contributed by atoms with Gasteiger partial charge in [0.2, 0.25) is 0 Å². The highest BCUT2D eigenvalue weighted by atomic mass is 16.5. The van der Waals surface area contributed by atoms with Crippen LogP contribution in [0.15, 0.2) is 54.6 Å². The molecule has 0 saturated heterocycles. The highest BCUT2D eigenvalue weighted by Crippen LogP contribution is 2.28. The molecule has 1 unspecified atom stereocenters. The molecular formula is C23H31NO2. The van der Waals surface area contributed by atoms with Crippen LogP contribution >= 0.6 is 0 Å². The van der Waals surface area contributed by atoms with Gasteiger partial charge in [0.05, 0.1) is 0 Å². The van der Waals surface area contributed by atoms with Crippen molar-refractivity contribution in [3.05, 3.63) is 65.7 Å². The molecule has 2 rings (SSSR count). The summed E-state index contributed by atoms with van der Waals surface area (Å²) in [6, 6.07) is 17.7. The molecule has 2 aromatic rings. The third-order valence-corrected chi connectivity index (χ3v) is 4.50. The van der Waals surface area contributed by atoms with Gasteiger partial charge < -0.3 is 9.64 Å². The standard InChI is InChI=1S/C23H31NO2/c1-18(2)10-15-22(19-8-6-5-7-9-19)23(25)20-11-13-21(14-12-20)26-17-16-24(3)4/h5-9,11-14,18,22H,10,15-17H2,1-4H3. The van der Waals surface area contributed by atoms with Gasteiger partial charge in [-0.15, -0.1) is 0 Å². The topological polar surface area (TPSA) is 29.5 Å². The highest BCUT2D eigenvalue weighted by Gasteiger charge is 2.22. The lowest BCUT2D eigenvalue weighted by molar-refractivity contribution is 0.0952. The van der Waals surface area contributed by atoms with Crippen LogP contribution in [0.5, 0.6) is 5.75 Å². The Labute approximate surface area is 158 Å². The van der Waals surface area contributed by atoms with Gasteiger partial charge in [-0.1, -0.05) is 44.2 Å². The van der Waals surface area contributed by atoms with E-state index in [1.54, 1.807) is 0 Å². The van der Waals surface area contributed by atoms with Gasteiger partial charge >= 0.3 is 0 Å². The van der Waals surface area contributed by atoms with Crippen LogP contribution in [0.3, 0.4) is 0 Å². The van der Waals surface area contributed by atoms with E-state index in [4.69, 9.17) is 4.74 Å². The van der Waals surface area contributed by atoms with Gasteiger partial charge in [-0.25, -0.2) is 0 Å². The van der Waals surface area contributed by atoms with Crippen molar-refractivity contribution >= 4 is 5.78 Å². The monoisotopic (exact) mass is 353 g/mol. The number of benzene rings is 2. The average molecular weight is 354 g/mol. The molecule has 0 radical (unpaired) electrons. The van der Waals surface area contributed by atoms with Crippen molar-refractivity contribution in [3.8, 4) is 5.75 Å². The molecule has 0 saturated carbocycles. The number of rotatable bonds is 10. The predicted molar refractivity (Wildman–Crippen MR) is 108 cm³/mol. The maximum Gasteiger partial charge on any atom is 0.170 e. The van der Waals surface area contributed by atoms with Gasteiger partial charge in [-0.2, -0.15) is 0 Å². The number of nitrogens with zero attached hydrogens (tertiary/aromatic N) is 1. The zero-order valence-corrected chi connectivity index (χ0v) is 16.4. The SMILES string of the molecule is CC(C)CCC(C(=O)c1ccc(OCCN(C)C)cc1)c1ccccc1. The number of hydrogen-bond donors (Lipinski definition) is 0. The molecule has 0 aromatic heterocycles. The van der Waals surface area contributed by atoms with Crippen LogP contribution in [0, 0.1) is 5.92 Å². The normalized spacial score (nSPS) is 12.4. The van der Waals surface area contributed by atoms with E-state index in [2.05, 4.69) is 30.9 Å². The molecule has 0 fully saturated rings. The number of Topliss-reactive ketones (excluding diaryl/α,β-unsaturated/α-hetero) is 1. The summed E-state index contributed by atoms with van der Waals surface area (Å²) in [5.74, 6) is 1.50. The largest absolute Gasteiger partial charge is 0.492 e. The van der Waals surface area contributed by atoms with Crippen molar-refractivity contribution in [3.63, 3.8) is 0 Å². The number of ketones is 1. The quantitative estimate of drug-likeness (QED) is 0.561. The summed E-state index contributed by atoms with van der Waals surface area (Å²) in [5, 5.41) is 0. The second-order valence-electron chi connectivity index (χ2n) is 7.47. The van der Waals surface area contributed by atoms with E-state index >= 15 is 0 Å². The molecular weight excluding hydrogens is 322 g/mol. The molecule has 0 heterocycles. The van der Waals surface area contributed by atoms with Gasteiger partial charge in [-0.05, 0) is 62.7 Å². The molecule has 0 bridgehead atoms.